The molecule has 0 radical (unpaired) electrons. The maximum atomic E-state index is 11.9. The van der Waals surface area contributed by atoms with Gasteiger partial charge in [0, 0.05) is 32.0 Å². The van der Waals surface area contributed by atoms with Gasteiger partial charge in [-0.25, -0.2) is 0 Å². The molecule has 2 N–H and O–H groups in total. The molecule has 1 saturated carbocycles. The Balaban J connectivity index is 0.00000243. The summed E-state index contributed by atoms with van der Waals surface area (Å²) >= 11 is 0. The van der Waals surface area contributed by atoms with Gasteiger partial charge in [0.05, 0.1) is 6.26 Å². The van der Waals surface area contributed by atoms with Crippen LogP contribution in [-0.4, -0.2) is 35.2 Å². The molecule has 1 aliphatic carbocycles. The second kappa shape index (κ2) is 11.0. The molecule has 0 aromatic carbocycles. The number of amides is 1. The topological polar surface area (TPSA) is 93.2 Å². The second-order valence-electron chi connectivity index (χ2n) is 6.48. The van der Waals surface area contributed by atoms with Gasteiger partial charge in [-0.2, -0.15) is 4.98 Å². The standard InChI is InChI=1S/C18H26N4O3.ClH/c23-16(20-12-11-19-14-6-3-1-2-4-7-14)9-10-17-21-18(22-25-17)15-8-5-13-24-15;/h5,8,13-14,19H,1-4,6-7,9-12H2,(H,20,23);1H. The third-order valence-electron chi connectivity index (χ3n) is 4.51. The van der Waals surface area contributed by atoms with Crippen molar-refractivity contribution in [3.63, 3.8) is 0 Å². The van der Waals surface area contributed by atoms with Crippen LogP contribution in [0.3, 0.4) is 0 Å². The lowest BCUT2D eigenvalue weighted by molar-refractivity contribution is -0.121. The molecule has 26 heavy (non-hydrogen) atoms. The lowest BCUT2D eigenvalue weighted by Gasteiger charge is -2.16. The van der Waals surface area contributed by atoms with Gasteiger partial charge in [-0.1, -0.05) is 30.8 Å². The zero-order valence-corrected chi connectivity index (χ0v) is 15.7. The van der Waals surface area contributed by atoms with Gasteiger partial charge in [0.1, 0.15) is 0 Å². The molecule has 1 aliphatic rings. The Labute approximate surface area is 159 Å². The van der Waals surface area contributed by atoms with Crippen LogP contribution in [0.1, 0.15) is 50.8 Å². The highest BCUT2D eigenvalue weighted by atomic mass is 35.5. The van der Waals surface area contributed by atoms with E-state index in [1.165, 1.54) is 38.5 Å². The number of carbonyl (C=O) groups excluding carboxylic acids is 1. The number of furan rings is 1. The van der Waals surface area contributed by atoms with Crippen molar-refractivity contribution in [2.75, 3.05) is 13.1 Å². The van der Waals surface area contributed by atoms with Crippen molar-refractivity contribution in [1.29, 1.82) is 0 Å². The van der Waals surface area contributed by atoms with Crippen molar-refractivity contribution in [2.45, 2.75) is 57.4 Å². The van der Waals surface area contributed by atoms with Crippen LogP contribution in [0.2, 0.25) is 0 Å². The summed E-state index contributed by atoms with van der Waals surface area (Å²) in [7, 11) is 0. The Morgan fingerprint density at radius 2 is 2.00 bits per heavy atom. The molecular formula is C18H27ClN4O3. The van der Waals surface area contributed by atoms with E-state index in [1.807, 2.05) is 0 Å². The number of hydrogen-bond donors (Lipinski definition) is 2. The molecular weight excluding hydrogens is 356 g/mol. The number of aromatic nitrogens is 2. The Hall–Kier alpha value is -1.86. The molecule has 7 nitrogen and oxygen atoms in total. The van der Waals surface area contributed by atoms with Crippen molar-refractivity contribution in [3.8, 4) is 11.6 Å². The molecule has 0 unspecified atom stereocenters. The Morgan fingerprint density at radius 3 is 2.73 bits per heavy atom. The summed E-state index contributed by atoms with van der Waals surface area (Å²) in [5.74, 6) is 1.41. The third-order valence-corrected chi connectivity index (χ3v) is 4.51. The summed E-state index contributed by atoms with van der Waals surface area (Å²) < 4.78 is 10.4. The van der Waals surface area contributed by atoms with E-state index < -0.39 is 0 Å². The summed E-state index contributed by atoms with van der Waals surface area (Å²) in [6.45, 7) is 1.47. The van der Waals surface area contributed by atoms with Crippen LogP contribution in [0.25, 0.3) is 11.6 Å². The van der Waals surface area contributed by atoms with Gasteiger partial charge >= 0.3 is 0 Å². The number of nitrogens with zero attached hydrogens (tertiary/aromatic N) is 2. The fourth-order valence-corrected chi connectivity index (χ4v) is 3.13. The van der Waals surface area contributed by atoms with Crippen molar-refractivity contribution < 1.29 is 13.7 Å². The van der Waals surface area contributed by atoms with Gasteiger partial charge in [0.25, 0.3) is 0 Å². The van der Waals surface area contributed by atoms with Gasteiger partial charge in [-0.3, -0.25) is 4.79 Å². The van der Waals surface area contributed by atoms with E-state index in [9.17, 15) is 4.79 Å². The van der Waals surface area contributed by atoms with Crippen LogP contribution in [-0.2, 0) is 11.2 Å². The molecule has 0 spiro atoms. The zero-order chi connectivity index (χ0) is 17.3. The molecule has 0 bridgehead atoms. The second-order valence-corrected chi connectivity index (χ2v) is 6.48. The van der Waals surface area contributed by atoms with E-state index in [-0.39, 0.29) is 18.3 Å². The SMILES string of the molecule is Cl.O=C(CCc1nc(-c2ccco2)no1)NCCNC1CCCCCC1. The van der Waals surface area contributed by atoms with Crippen molar-refractivity contribution in [2.24, 2.45) is 0 Å². The van der Waals surface area contributed by atoms with E-state index in [1.54, 1.807) is 18.4 Å². The molecule has 3 rings (SSSR count). The monoisotopic (exact) mass is 382 g/mol. The zero-order valence-electron chi connectivity index (χ0n) is 14.9. The minimum atomic E-state index is 0. The number of halogens is 1. The van der Waals surface area contributed by atoms with Gasteiger partial charge in [0.2, 0.25) is 17.6 Å². The number of rotatable bonds is 8. The molecule has 1 fully saturated rings. The fraction of sp³-hybridized carbons (Fsp3) is 0.611. The van der Waals surface area contributed by atoms with Crippen molar-refractivity contribution in [1.82, 2.24) is 20.8 Å². The van der Waals surface area contributed by atoms with E-state index in [0.717, 1.165) is 6.54 Å². The highest BCUT2D eigenvalue weighted by Gasteiger charge is 2.13. The van der Waals surface area contributed by atoms with Gasteiger partial charge in [-0.05, 0) is 25.0 Å². The largest absolute Gasteiger partial charge is 0.461 e. The lowest BCUT2D eigenvalue weighted by atomic mass is 10.1. The van der Waals surface area contributed by atoms with Gasteiger partial charge in [0.15, 0.2) is 5.76 Å². The average molecular weight is 383 g/mol. The van der Waals surface area contributed by atoms with Gasteiger partial charge in [-0.15, -0.1) is 12.4 Å². The average Bonchev–Trinajstić information content (AvgIpc) is 3.24. The summed E-state index contributed by atoms with van der Waals surface area (Å²) in [5, 5.41) is 10.3. The van der Waals surface area contributed by atoms with Crippen LogP contribution in [0.5, 0.6) is 0 Å². The number of aryl methyl sites for hydroxylation is 1. The highest BCUT2D eigenvalue weighted by Crippen LogP contribution is 2.17. The first-order valence-corrected chi connectivity index (χ1v) is 9.18. The molecule has 0 atom stereocenters. The molecule has 2 aromatic heterocycles. The Morgan fingerprint density at radius 1 is 1.19 bits per heavy atom. The maximum Gasteiger partial charge on any atom is 0.238 e. The Bertz CT molecular complexity index is 637. The van der Waals surface area contributed by atoms with Crippen LogP contribution >= 0.6 is 12.4 Å². The predicted octanol–water partition coefficient (Wildman–Crippen LogP) is 3.11. The number of nitrogens with one attached hydrogen (secondary N) is 2. The smallest absolute Gasteiger partial charge is 0.238 e. The highest BCUT2D eigenvalue weighted by molar-refractivity contribution is 5.85. The van der Waals surface area contributed by atoms with Crippen LogP contribution in [0.15, 0.2) is 27.3 Å². The van der Waals surface area contributed by atoms with Crippen LogP contribution < -0.4 is 10.6 Å². The van der Waals surface area contributed by atoms with E-state index >= 15 is 0 Å². The van der Waals surface area contributed by atoms with Crippen LogP contribution in [0.4, 0.5) is 0 Å². The molecule has 1 amide bonds. The first-order chi connectivity index (χ1) is 12.3. The summed E-state index contributed by atoms with van der Waals surface area (Å²) in [6.07, 6.45) is 10.2. The fourth-order valence-electron chi connectivity index (χ4n) is 3.13. The molecule has 0 aliphatic heterocycles. The van der Waals surface area contributed by atoms with E-state index in [4.69, 9.17) is 8.94 Å². The van der Waals surface area contributed by atoms with Crippen molar-refractivity contribution >= 4 is 18.3 Å². The molecule has 0 saturated heterocycles. The first-order valence-electron chi connectivity index (χ1n) is 9.18. The van der Waals surface area contributed by atoms with Gasteiger partial charge < -0.3 is 19.6 Å². The lowest BCUT2D eigenvalue weighted by Crippen LogP contribution is -2.36. The first kappa shape index (κ1) is 20.5. The normalized spacial score (nSPS) is 15.2. The van der Waals surface area contributed by atoms with E-state index in [0.29, 0.717) is 42.9 Å². The van der Waals surface area contributed by atoms with Crippen LogP contribution in [0, 0.1) is 0 Å². The summed E-state index contributed by atoms with van der Waals surface area (Å²) in [6, 6.07) is 4.14. The van der Waals surface area contributed by atoms with Crippen molar-refractivity contribution in [3.05, 3.63) is 24.3 Å². The number of carbonyl (C=O) groups is 1. The van der Waals surface area contributed by atoms with E-state index in [2.05, 4.69) is 20.8 Å². The minimum absolute atomic E-state index is 0. The number of hydrogen-bond acceptors (Lipinski definition) is 6. The molecule has 8 heteroatoms. The molecule has 2 heterocycles. The molecule has 2 aromatic rings. The third kappa shape index (κ3) is 6.46. The maximum absolute atomic E-state index is 11.9. The Kier molecular flexibility index (Phi) is 8.64. The minimum Gasteiger partial charge on any atom is -0.461 e. The summed E-state index contributed by atoms with van der Waals surface area (Å²) in [5.41, 5.74) is 0. The predicted molar refractivity (Wildman–Crippen MR) is 100 cm³/mol. The summed E-state index contributed by atoms with van der Waals surface area (Å²) in [4.78, 5) is 16.1. The molecule has 144 valence electrons. The quantitative estimate of drug-likeness (QED) is 0.538.